The number of hydrogen-bond acceptors (Lipinski definition) is 4. The molecule has 65 heavy (non-hydrogen) atoms. The normalized spacial score (nSPS) is 14.3. The third kappa shape index (κ3) is 5.47. The number of furan rings is 1. The Hall–Kier alpha value is -8.74. The number of nitrogens with one attached hydrogen (secondary N) is 1. The summed E-state index contributed by atoms with van der Waals surface area (Å²) >= 11 is 0. The SMILES string of the molecule is c1ccc(-n2c3ccccc3c3c(C4=NC(c5ccc6ccccc6c5)NC(c5cc(-n6c7ccccc7c7cc8ccccc8cc76)c6c(c5)oc5ccccc56)=N4)cccc32)cc1. The molecule has 1 aliphatic rings. The predicted molar refractivity (Wildman–Crippen MR) is 269 cm³/mol. The number of fused-ring (bicyclic) bond motifs is 11. The van der Waals surface area contributed by atoms with Crippen LogP contribution in [0.2, 0.25) is 0 Å². The van der Waals surface area contributed by atoms with Crippen molar-refractivity contribution in [1.82, 2.24) is 14.5 Å². The minimum atomic E-state index is -0.436. The van der Waals surface area contributed by atoms with Crippen LogP contribution in [0.3, 0.4) is 0 Å². The Morgan fingerprint density at radius 2 is 1.09 bits per heavy atom. The molecule has 14 rings (SSSR count). The first kappa shape index (κ1) is 35.8. The summed E-state index contributed by atoms with van der Waals surface area (Å²) < 4.78 is 11.6. The summed E-state index contributed by atoms with van der Waals surface area (Å²) in [5, 5.41) is 15.4. The van der Waals surface area contributed by atoms with Gasteiger partial charge in [0.15, 0.2) is 5.84 Å². The topological polar surface area (TPSA) is 59.8 Å². The molecule has 6 heteroatoms. The first-order chi connectivity index (χ1) is 32.2. The van der Waals surface area contributed by atoms with Crippen molar-refractivity contribution in [3.05, 3.63) is 229 Å². The number of rotatable bonds is 5. The van der Waals surface area contributed by atoms with Gasteiger partial charge in [-0.05, 0) is 93.8 Å². The first-order valence-corrected chi connectivity index (χ1v) is 22.1. The molecule has 0 aliphatic carbocycles. The van der Waals surface area contributed by atoms with Gasteiger partial charge >= 0.3 is 0 Å². The molecule has 1 unspecified atom stereocenters. The van der Waals surface area contributed by atoms with E-state index in [1.165, 1.54) is 26.9 Å². The van der Waals surface area contributed by atoms with Crippen LogP contribution >= 0.6 is 0 Å². The summed E-state index contributed by atoms with van der Waals surface area (Å²) in [5.74, 6) is 1.37. The molecule has 4 heterocycles. The minimum absolute atomic E-state index is 0.436. The Balaban J connectivity index is 1.05. The molecule has 1 N–H and O–H groups in total. The Kier molecular flexibility index (Phi) is 7.65. The maximum Gasteiger partial charge on any atom is 0.160 e. The number of para-hydroxylation sites is 4. The Morgan fingerprint density at radius 3 is 1.92 bits per heavy atom. The molecular formula is C59H37N5O. The van der Waals surface area contributed by atoms with E-state index in [0.29, 0.717) is 11.7 Å². The van der Waals surface area contributed by atoms with Gasteiger partial charge in [-0.25, -0.2) is 9.98 Å². The van der Waals surface area contributed by atoms with Crippen molar-refractivity contribution in [2.75, 3.05) is 0 Å². The van der Waals surface area contributed by atoms with Crippen molar-refractivity contribution in [2.24, 2.45) is 9.98 Å². The number of hydrogen-bond donors (Lipinski definition) is 1. The fourth-order valence-electron chi connectivity index (χ4n) is 10.4. The highest BCUT2D eigenvalue weighted by molar-refractivity contribution is 6.24. The fraction of sp³-hybridized carbons (Fsp3) is 0.0169. The van der Waals surface area contributed by atoms with Crippen LogP contribution in [0.1, 0.15) is 22.9 Å². The van der Waals surface area contributed by atoms with Gasteiger partial charge in [0.05, 0.1) is 33.1 Å². The van der Waals surface area contributed by atoms with Crippen LogP contribution in [0, 0.1) is 0 Å². The van der Waals surface area contributed by atoms with E-state index in [2.05, 4.69) is 221 Å². The minimum Gasteiger partial charge on any atom is -0.456 e. The standard InChI is InChI=1S/C59H37N5O/c1-2-19-42(20-3-1)63-49-26-12-9-22-44(49)55-46(24-14-27-50(55)63)59-61-57(40-30-29-36-15-4-5-16-37(36)31-40)60-58(62-59)41-34-52(56-45-23-10-13-28-53(45)65-54(56)35-41)64-48-25-11-8-21-43(48)47-32-38-17-6-7-18-39(38)33-51(47)64/h1-35,57H,(H,60,61,62). The summed E-state index contributed by atoms with van der Waals surface area (Å²) in [6.45, 7) is 0. The zero-order valence-electron chi connectivity index (χ0n) is 35.0. The maximum absolute atomic E-state index is 6.81. The molecule has 13 aromatic rings. The quantitative estimate of drug-likeness (QED) is 0.188. The number of benzene rings is 10. The average Bonchev–Trinajstić information content (AvgIpc) is 4.03. The summed E-state index contributed by atoms with van der Waals surface area (Å²) in [6.07, 6.45) is -0.436. The van der Waals surface area contributed by atoms with Crippen molar-refractivity contribution in [3.63, 3.8) is 0 Å². The molecule has 0 radical (unpaired) electrons. The summed E-state index contributed by atoms with van der Waals surface area (Å²) in [5.41, 5.74) is 11.1. The molecule has 1 atom stereocenters. The molecule has 3 aromatic heterocycles. The number of aliphatic imine (C=N–C) groups is 2. The van der Waals surface area contributed by atoms with Crippen molar-refractivity contribution >= 4 is 98.8 Å². The van der Waals surface area contributed by atoms with Crippen LogP contribution in [0.4, 0.5) is 0 Å². The summed E-state index contributed by atoms with van der Waals surface area (Å²) in [4.78, 5) is 11.0. The van der Waals surface area contributed by atoms with Gasteiger partial charge in [-0.15, -0.1) is 0 Å². The van der Waals surface area contributed by atoms with Gasteiger partial charge in [-0.2, -0.15) is 0 Å². The zero-order chi connectivity index (χ0) is 42.6. The van der Waals surface area contributed by atoms with Crippen molar-refractivity contribution in [3.8, 4) is 11.4 Å². The third-order valence-corrected chi connectivity index (χ3v) is 13.3. The second kappa shape index (κ2) is 13.9. The van der Waals surface area contributed by atoms with E-state index in [1.807, 2.05) is 6.07 Å². The van der Waals surface area contributed by atoms with E-state index in [0.717, 1.165) is 88.2 Å². The lowest BCUT2D eigenvalue weighted by molar-refractivity contribution is 0.666. The Labute approximate surface area is 372 Å². The van der Waals surface area contributed by atoms with Crippen LogP contribution in [-0.2, 0) is 0 Å². The zero-order valence-corrected chi connectivity index (χ0v) is 35.0. The molecule has 304 valence electrons. The van der Waals surface area contributed by atoms with Crippen molar-refractivity contribution < 1.29 is 4.42 Å². The van der Waals surface area contributed by atoms with Crippen molar-refractivity contribution in [1.29, 1.82) is 0 Å². The van der Waals surface area contributed by atoms with Gasteiger partial charge in [0.2, 0.25) is 0 Å². The molecule has 0 saturated heterocycles. The Morgan fingerprint density at radius 1 is 0.431 bits per heavy atom. The lowest BCUT2D eigenvalue weighted by Crippen LogP contribution is -2.33. The van der Waals surface area contributed by atoms with Crippen LogP contribution in [-0.4, -0.2) is 20.8 Å². The smallest absolute Gasteiger partial charge is 0.160 e. The molecule has 0 fully saturated rings. The second-order valence-corrected chi connectivity index (χ2v) is 17.0. The molecular weight excluding hydrogens is 795 g/mol. The highest BCUT2D eigenvalue weighted by Gasteiger charge is 2.27. The maximum atomic E-state index is 6.81. The number of nitrogens with zero attached hydrogens (tertiary/aromatic N) is 4. The monoisotopic (exact) mass is 831 g/mol. The van der Waals surface area contributed by atoms with Gasteiger partial charge in [0.25, 0.3) is 0 Å². The second-order valence-electron chi connectivity index (χ2n) is 17.0. The van der Waals surface area contributed by atoms with E-state index in [9.17, 15) is 0 Å². The molecule has 1 aliphatic heterocycles. The van der Waals surface area contributed by atoms with E-state index in [-0.39, 0.29) is 0 Å². The number of aromatic nitrogens is 2. The first-order valence-electron chi connectivity index (χ1n) is 22.1. The molecule has 6 nitrogen and oxygen atoms in total. The summed E-state index contributed by atoms with van der Waals surface area (Å²) in [6, 6.07) is 75.6. The van der Waals surface area contributed by atoms with Crippen LogP contribution in [0.25, 0.3) is 98.5 Å². The van der Waals surface area contributed by atoms with Gasteiger partial charge in [0.1, 0.15) is 23.2 Å². The molecule has 10 aromatic carbocycles. The third-order valence-electron chi connectivity index (χ3n) is 13.3. The van der Waals surface area contributed by atoms with E-state index < -0.39 is 6.17 Å². The molecule has 0 bridgehead atoms. The van der Waals surface area contributed by atoms with Gasteiger partial charge in [-0.3, -0.25) is 0 Å². The predicted octanol–water partition coefficient (Wildman–Crippen LogP) is 14.6. The highest BCUT2D eigenvalue weighted by atomic mass is 16.3. The van der Waals surface area contributed by atoms with Gasteiger partial charge in [-0.1, -0.05) is 146 Å². The lowest BCUT2D eigenvalue weighted by atomic mass is 10.0. The van der Waals surface area contributed by atoms with Crippen LogP contribution in [0.5, 0.6) is 0 Å². The highest BCUT2D eigenvalue weighted by Crippen LogP contribution is 2.42. The van der Waals surface area contributed by atoms with E-state index in [1.54, 1.807) is 0 Å². The van der Waals surface area contributed by atoms with E-state index >= 15 is 0 Å². The van der Waals surface area contributed by atoms with Crippen LogP contribution < -0.4 is 5.32 Å². The van der Waals surface area contributed by atoms with Crippen molar-refractivity contribution in [2.45, 2.75) is 6.17 Å². The van der Waals surface area contributed by atoms with E-state index in [4.69, 9.17) is 14.4 Å². The lowest BCUT2D eigenvalue weighted by Gasteiger charge is -2.25. The van der Waals surface area contributed by atoms with Gasteiger partial charge < -0.3 is 18.9 Å². The number of amidine groups is 2. The van der Waals surface area contributed by atoms with Crippen LogP contribution in [0.15, 0.2) is 227 Å². The largest absolute Gasteiger partial charge is 0.456 e. The molecule has 0 amide bonds. The Bertz CT molecular complexity index is 4170. The fourth-order valence-corrected chi connectivity index (χ4v) is 10.4. The van der Waals surface area contributed by atoms with Gasteiger partial charge in [0, 0.05) is 43.7 Å². The summed E-state index contributed by atoms with van der Waals surface area (Å²) in [7, 11) is 0. The molecule has 0 spiro atoms. The molecule has 0 saturated carbocycles. The average molecular weight is 832 g/mol.